The number of aliphatic hydroxyl groups excluding tert-OH is 3. The fourth-order valence-corrected chi connectivity index (χ4v) is 1.09. The summed E-state index contributed by atoms with van der Waals surface area (Å²) in [7, 11) is 0. The minimum atomic E-state index is -1.36. The van der Waals surface area contributed by atoms with Gasteiger partial charge in [0.15, 0.2) is 11.9 Å². The number of carbonyl (C=O) groups excluding carboxylic acids is 1. The van der Waals surface area contributed by atoms with Crippen LogP contribution in [-0.4, -0.2) is 46.7 Å². The first-order valence-corrected chi connectivity index (χ1v) is 4.28. The van der Waals surface area contributed by atoms with Gasteiger partial charge in [0.05, 0.1) is 6.61 Å². The summed E-state index contributed by atoms with van der Waals surface area (Å²) in [6.45, 7) is 2.78. The summed E-state index contributed by atoms with van der Waals surface area (Å²) in [5.41, 5.74) is 0. The maximum absolute atomic E-state index is 11.1. The highest BCUT2D eigenvalue weighted by molar-refractivity contribution is 5.89. The third-order valence-corrected chi connectivity index (χ3v) is 1.80. The number of aliphatic hydroxyl groups is 3. The lowest BCUT2D eigenvalue weighted by molar-refractivity contribution is -0.148. The minimum Gasteiger partial charge on any atom is -0.505 e. The van der Waals surface area contributed by atoms with Crippen LogP contribution in [0.5, 0.6) is 0 Å². The summed E-state index contributed by atoms with van der Waals surface area (Å²) in [5.74, 6) is -1.73. The van der Waals surface area contributed by atoms with E-state index in [-0.39, 0.29) is 12.4 Å². The molecule has 0 bridgehead atoms. The average molecular weight is 216 g/mol. The summed E-state index contributed by atoms with van der Waals surface area (Å²) in [5, 5.41) is 27.3. The summed E-state index contributed by atoms with van der Waals surface area (Å²) >= 11 is 0. The van der Waals surface area contributed by atoms with Gasteiger partial charge in [0, 0.05) is 0 Å². The SMILES string of the molecule is C=CCOC1=C(O)C(C(O)CO)OC1=O. The van der Waals surface area contributed by atoms with E-state index < -0.39 is 30.5 Å². The molecule has 0 fully saturated rings. The summed E-state index contributed by atoms with van der Waals surface area (Å²) in [4.78, 5) is 11.1. The van der Waals surface area contributed by atoms with Crippen molar-refractivity contribution in [1.29, 1.82) is 0 Å². The van der Waals surface area contributed by atoms with E-state index in [2.05, 4.69) is 11.3 Å². The molecule has 6 heteroatoms. The predicted molar refractivity (Wildman–Crippen MR) is 48.8 cm³/mol. The van der Waals surface area contributed by atoms with Crippen LogP contribution < -0.4 is 0 Å². The Morgan fingerprint density at radius 2 is 2.33 bits per heavy atom. The lowest BCUT2D eigenvalue weighted by atomic mass is 10.2. The number of hydrogen-bond acceptors (Lipinski definition) is 6. The van der Waals surface area contributed by atoms with E-state index in [0.717, 1.165) is 0 Å². The van der Waals surface area contributed by atoms with E-state index in [1.807, 2.05) is 0 Å². The first-order chi connectivity index (χ1) is 7.11. The molecule has 84 valence electrons. The van der Waals surface area contributed by atoms with Gasteiger partial charge in [-0.3, -0.25) is 0 Å². The van der Waals surface area contributed by atoms with Gasteiger partial charge >= 0.3 is 5.97 Å². The van der Waals surface area contributed by atoms with E-state index >= 15 is 0 Å². The molecule has 0 saturated carbocycles. The molecule has 0 aromatic heterocycles. The van der Waals surface area contributed by atoms with Crippen molar-refractivity contribution in [2.24, 2.45) is 0 Å². The molecular weight excluding hydrogens is 204 g/mol. The normalized spacial score (nSPS) is 22.5. The van der Waals surface area contributed by atoms with Gasteiger partial charge in [0.1, 0.15) is 12.7 Å². The van der Waals surface area contributed by atoms with Gasteiger partial charge in [-0.1, -0.05) is 12.7 Å². The van der Waals surface area contributed by atoms with Gasteiger partial charge in [0.25, 0.3) is 0 Å². The highest BCUT2D eigenvalue weighted by atomic mass is 16.6. The molecule has 0 saturated heterocycles. The molecule has 1 aliphatic heterocycles. The quantitative estimate of drug-likeness (QED) is 0.413. The van der Waals surface area contributed by atoms with Crippen LogP contribution in [0.25, 0.3) is 0 Å². The van der Waals surface area contributed by atoms with Crippen molar-refractivity contribution in [3.05, 3.63) is 24.2 Å². The lowest BCUT2D eigenvalue weighted by Crippen LogP contribution is -2.31. The Labute approximate surface area is 86.0 Å². The van der Waals surface area contributed by atoms with Crippen molar-refractivity contribution in [3.63, 3.8) is 0 Å². The van der Waals surface area contributed by atoms with Gasteiger partial charge in [-0.05, 0) is 0 Å². The van der Waals surface area contributed by atoms with Gasteiger partial charge in [-0.25, -0.2) is 4.79 Å². The molecule has 1 rings (SSSR count). The van der Waals surface area contributed by atoms with Crippen LogP contribution in [0.4, 0.5) is 0 Å². The fraction of sp³-hybridized carbons (Fsp3) is 0.444. The molecule has 15 heavy (non-hydrogen) atoms. The molecule has 0 aliphatic carbocycles. The molecule has 0 radical (unpaired) electrons. The summed E-state index contributed by atoms with van der Waals surface area (Å²) < 4.78 is 9.45. The van der Waals surface area contributed by atoms with Crippen molar-refractivity contribution < 1.29 is 29.6 Å². The zero-order valence-corrected chi connectivity index (χ0v) is 7.92. The van der Waals surface area contributed by atoms with E-state index in [9.17, 15) is 15.0 Å². The van der Waals surface area contributed by atoms with Crippen molar-refractivity contribution in [2.45, 2.75) is 12.2 Å². The maximum atomic E-state index is 11.1. The molecule has 6 nitrogen and oxygen atoms in total. The second-order valence-corrected chi connectivity index (χ2v) is 2.89. The first-order valence-electron chi connectivity index (χ1n) is 4.28. The van der Waals surface area contributed by atoms with Crippen LogP contribution in [0.1, 0.15) is 0 Å². The second kappa shape index (κ2) is 4.81. The topological polar surface area (TPSA) is 96.2 Å². The number of esters is 1. The number of ether oxygens (including phenoxy) is 2. The third-order valence-electron chi connectivity index (χ3n) is 1.80. The average Bonchev–Trinajstić information content (AvgIpc) is 2.51. The number of cyclic esters (lactones) is 1. The molecule has 1 aliphatic rings. The van der Waals surface area contributed by atoms with Gasteiger partial charge in [0.2, 0.25) is 5.76 Å². The van der Waals surface area contributed by atoms with Crippen LogP contribution >= 0.6 is 0 Å². The standard InChI is InChI=1S/C9H12O6/c1-2-3-14-8-6(12)7(5(11)4-10)15-9(8)13/h2,5,7,10-12H,1,3-4H2. The molecule has 0 aromatic carbocycles. The Bertz CT molecular complexity index is 295. The smallest absolute Gasteiger partial charge is 0.378 e. The van der Waals surface area contributed by atoms with Crippen molar-refractivity contribution in [3.8, 4) is 0 Å². The molecule has 0 spiro atoms. The Kier molecular flexibility index (Phi) is 3.70. The van der Waals surface area contributed by atoms with Gasteiger partial charge in [-0.2, -0.15) is 0 Å². The minimum absolute atomic E-state index is 0.0381. The van der Waals surface area contributed by atoms with Crippen molar-refractivity contribution >= 4 is 5.97 Å². The molecule has 1 heterocycles. The Morgan fingerprint density at radius 3 is 2.87 bits per heavy atom. The molecule has 0 amide bonds. The molecule has 3 N–H and O–H groups in total. The molecule has 0 aromatic rings. The highest BCUT2D eigenvalue weighted by Crippen LogP contribution is 2.23. The monoisotopic (exact) mass is 216 g/mol. The number of rotatable bonds is 5. The summed E-state index contributed by atoms with van der Waals surface area (Å²) in [6.07, 6.45) is -1.23. The van der Waals surface area contributed by atoms with E-state index in [4.69, 9.17) is 9.84 Å². The van der Waals surface area contributed by atoms with Gasteiger partial charge < -0.3 is 24.8 Å². The first kappa shape index (κ1) is 11.5. The van der Waals surface area contributed by atoms with Crippen LogP contribution in [0.3, 0.4) is 0 Å². The Balaban J connectivity index is 2.78. The van der Waals surface area contributed by atoms with Crippen molar-refractivity contribution in [1.82, 2.24) is 0 Å². The number of hydrogen-bond donors (Lipinski definition) is 3. The lowest BCUT2D eigenvalue weighted by Gasteiger charge is -2.13. The molecule has 2 unspecified atom stereocenters. The molecule has 2 atom stereocenters. The van der Waals surface area contributed by atoms with Gasteiger partial charge in [-0.15, -0.1) is 0 Å². The third kappa shape index (κ3) is 2.28. The van der Waals surface area contributed by atoms with Crippen LogP contribution in [0, 0.1) is 0 Å². The van der Waals surface area contributed by atoms with Crippen LogP contribution in [0.2, 0.25) is 0 Å². The predicted octanol–water partition coefficient (Wildman–Crippen LogP) is -0.763. The van der Waals surface area contributed by atoms with E-state index in [0.29, 0.717) is 0 Å². The van der Waals surface area contributed by atoms with Crippen LogP contribution in [0.15, 0.2) is 24.2 Å². The number of carbonyl (C=O) groups is 1. The Morgan fingerprint density at radius 1 is 1.67 bits per heavy atom. The van der Waals surface area contributed by atoms with E-state index in [1.165, 1.54) is 6.08 Å². The largest absolute Gasteiger partial charge is 0.505 e. The zero-order chi connectivity index (χ0) is 11.4. The van der Waals surface area contributed by atoms with Crippen molar-refractivity contribution in [2.75, 3.05) is 13.2 Å². The summed E-state index contributed by atoms with van der Waals surface area (Å²) in [6, 6.07) is 0. The maximum Gasteiger partial charge on any atom is 0.378 e. The Hall–Kier alpha value is -1.53. The van der Waals surface area contributed by atoms with Crippen LogP contribution in [-0.2, 0) is 14.3 Å². The highest BCUT2D eigenvalue weighted by Gasteiger charge is 2.40. The molecular formula is C9H12O6. The van der Waals surface area contributed by atoms with E-state index in [1.54, 1.807) is 0 Å². The zero-order valence-electron chi connectivity index (χ0n) is 7.92. The fourth-order valence-electron chi connectivity index (χ4n) is 1.09. The second-order valence-electron chi connectivity index (χ2n) is 2.89.